The van der Waals surface area contributed by atoms with E-state index < -0.39 is 5.54 Å². The van der Waals surface area contributed by atoms with E-state index in [1.165, 1.54) is 6.42 Å². The second kappa shape index (κ2) is 3.99. The maximum Gasteiger partial charge on any atom is 0.0637 e. The summed E-state index contributed by atoms with van der Waals surface area (Å²) in [6.45, 7) is 4.10. The monoisotopic (exact) mass is 221 g/mol. The summed E-state index contributed by atoms with van der Waals surface area (Å²) in [7, 11) is 0. The zero-order chi connectivity index (χ0) is 10.9. The summed E-state index contributed by atoms with van der Waals surface area (Å²) in [6.07, 6.45) is 4.32. The molecule has 2 heteroatoms. The third-order valence-corrected chi connectivity index (χ3v) is 3.61. The van der Waals surface area contributed by atoms with E-state index in [0.29, 0.717) is 0 Å². The summed E-state index contributed by atoms with van der Waals surface area (Å²) in [5.74, 6) is 0. The SMILES string of the molecule is C=C1CCCCC1(N)c1ccccc1Cl. The Morgan fingerprint density at radius 1 is 1.27 bits per heavy atom. The normalized spacial score (nSPS) is 26.7. The largest absolute Gasteiger partial charge is 0.318 e. The summed E-state index contributed by atoms with van der Waals surface area (Å²) >= 11 is 6.19. The quantitative estimate of drug-likeness (QED) is 0.721. The molecular weight excluding hydrogens is 206 g/mol. The number of halogens is 1. The Hall–Kier alpha value is -0.790. The lowest BCUT2D eigenvalue weighted by molar-refractivity contribution is 0.396. The van der Waals surface area contributed by atoms with Crippen molar-refractivity contribution in [2.45, 2.75) is 31.2 Å². The molecule has 1 aliphatic rings. The van der Waals surface area contributed by atoms with Crippen LogP contribution in [0.5, 0.6) is 0 Å². The van der Waals surface area contributed by atoms with Crippen molar-refractivity contribution in [1.29, 1.82) is 0 Å². The van der Waals surface area contributed by atoms with E-state index in [-0.39, 0.29) is 0 Å². The van der Waals surface area contributed by atoms with Crippen LogP contribution in [-0.2, 0) is 5.54 Å². The molecule has 1 fully saturated rings. The molecule has 15 heavy (non-hydrogen) atoms. The molecule has 2 N–H and O–H groups in total. The molecule has 0 bridgehead atoms. The molecule has 80 valence electrons. The molecule has 0 spiro atoms. The van der Waals surface area contributed by atoms with Gasteiger partial charge >= 0.3 is 0 Å². The Balaban J connectivity index is 2.44. The maximum atomic E-state index is 6.44. The smallest absolute Gasteiger partial charge is 0.0637 e. The van der Waals surface area contributed by atoms with Crippen LogP contribution >= 0.6 is 11.6 Å². The van der Waals surface area contributed by atoms with Crippen LogP contribution in [0.1, 0.15) is 31.2 Å². The topological polar surface area (TPSA) is 26.0 Å². The van der Waals surface area contributed by atoms with Crippen molar-refractivity contribution in [1.82, 2.24) is 0 Å². The summed E-state index contributed by atoms with van der Waals surface area (Å²) < 4.78 is 0. The van der Waals surface area contributed by atoms with Crippen molar-refractivity contribution in [3.8, 4) is 0 Å². The summed E-state index contributed by atoms with van der Waals surface area (Å²) in [5.41, 5.74) is 8.17. The van der Waals surface area contributed by atoms with Crippen molar-refractivity contribution in [2.75, 3.05) is 0 Å². The minimum atomic E-state index is -0.406. The molecule has 2 rings (SSSR count). The number of nitrogens with two attached hydrogens (primary N) is 1. The molecule has 0 saturated heterocycles. The van der Waals surface area contributed by atoms with E-state index in [0.717, 1.165) is 35.4 Å². The van der Waals surface area contributed by atoms with Crippen LogP contribution in [0.2, 0.25) is 5.02 Å². The van der Waals surface area contributed by atoms with Gasteiger partial charge in [-0.15, -0.1) is 0 Å². The summed E-state index contributed by atoms with van der Waals surface area (Å²) in [4.78, 5) is 0. The fourth-order valence-corrected chi connectivity index (χ4v) is 2.59. The van der Waals surface area contributed by atoms with Gasteiger partial charge in [0.25, 0.3) is 0 Å². The van der Waals surface area contributed by atoms with E-state index in [1.807, 2.05) is 24.3 Å². The first-order chi connectivity index (χ1) is 7.14. The van der Waals surface area contributed by atoms with Crippen molar-refractivity contribution < 1.29 is 0 Å². The number of hydrogen-bond donors (Lipinski definition) is 1. The Kier molecular flexibility index (Phi) is 2.85. The average molecular weight is 222 g/mol. The van der Waals surface area contributed by atoms with Crippen molar-refractivity contribution in [2.24, 2.45) is 5.73 Å². The van der Waals surface area contributed by atoms with Crippen LogP contribution in [-0.4, -0.2) is 0 Å². The van der Waals surface area contributed by atoms with E-state index in [4.69, 9.17) is 17.3 Å². The first-order valence-corrected chi connectivity index (χ1v) is 5.74. The minimum Gasteiger partial charge on any atom is -0.318 e. The number of benzene rings is 1. The van der Waals surface area contributed by atoms with Crippen LogP contribution in [0.25, 0.3) is 0 Å². The molecule has 0 heterocycles. The van der Waals surface area contributed by atoms with Crippen molar-refractivity contribution in [3.05, 3.63) is 47.0 Å². The molecule has 1 nitrogen and oxygen atoms in total. The first-order valence-electron chi connectivity index (χ1n) is 5.37. The summed E-state index contributed by atoms with van der Waals surface area (Å²) in [6, 6.07) is 7.82. The van der Waals surface area contributed by atoms with E-state index in [2.05, 4.69) is 6.58 Å². The van der Waals surface area contributed by atoms with E-state index in [9.17, 15) is 0 Å². The van der Waals surface area contributed by atoms with E-state index in [1.54, 1.807) is 0 Å². The molecule has 1 aliphatic carbocycles. The lowest BCUT2D eigenvalue weighted by Gasteiger charge is -2.36. The third-order valence-electron chi connectivity index (χ3n) is 3.29. The fourth-order valence-electron chi connectivity index (χ4n) is 2.29. The molecule has 1 saturated carbocycles. The second-order valence-corrected chi connectivity index (χ2v) is 4.67. The van der Waals surface area contributed by atoms with Gasteiger partial charge in [0.15, 0.2) is 0 Å². The number of hydrogen-bond acceptors (Lipinski definition) is 1. The zero-order valence-corrected chi connectivity index (χ0v) is 9.56. The standard InChI is InChI=1S/C13H16ClN/c1-10-6-4-5-9-13(10,15)11-7-2-3-8-12(11)14/h2-3,7-8H,1,4-6,9,15H2. The average Bonchev–Trinajstić information content (AvgIpc) is 2.23. The molecule has 0 amide bonds. The van der Waals surface area contributed by atoms with Crippen LogP contribution in [0.4, 0.5) is 0 Å². The maximum absolute atomic E-state index is 6.44. The van der Waals surface area contributed by atoms with Gasteiger partial charge in [-0.1, -0.05) is 48.4 Å². The molecule has 1 atom stereocenters. The van der Waals surface area contributed by atoms with Gasteiger partial charge in [0.2, 0.25) is 0 Å². The van der Waals surface area contributed by atoms with Gasteiger partial charge in [0, 0.05) is 5.02 Å². The lowest BCUT2D eigenvalue weighted by Crippen LogP contribution is -2.40. The van der Waals surface area contributed by atoms with Gasteiger partial charge in [0.05, 0.1) is 5.54 Å². The van der Waals surface area contributed by atoms with Crippen molar-refractivity contribution >= 4 is 11.6 Å². The van der Waals surface area contributed by atoms with Gasteiger partial charge in [-0.25, -0.2) is 0 Å². The molecule has 1 aromatic rings. The second-order valence-electron chi connectivity index (χ2n) is 4.26. The molecule has 1 unspecified atom stereocenters. The van der Waals surface area contributed by atoms with Crippen LogP contribution in [0.3, 0.4) is 0 Å². The molecule has 1 aromatic carbocycles. The Morgan fingerprint density at radius 3 is 2.67 bits per heavy atom. The van der Waals surface area contributed by atoms with Gasteiger partial charge < -0.3 is 5.73 Å². The van der Waals surface area contributed by atoms with Crippen LogP contribution in [0.15, 0.2) is 36.4 Å². The zero-order valence-electron chi connectivity index (χ0n) is 8.80. The Labute approximate surface area is 95.9 Å². The highest BCUT2D eigenvalue weighted by atomic mass is 35.5. The van der Waals surface area contributed by atoms with Crippen molar-refractivity contribution in [3.63, 3.8) is 0 Å². The highest BCUT2D eigenvalue weighted by Crippen LogP contribution is 2.40. The Morgan fingerprint density at radius 2 is 2.00 bits per heavy atom. The predicted octanol–water partition coefficient (Wildman–Crippen LogP) is 3.62. The summed E-state index contributed by atoms with van der Waals surface area (Å²) in [5, 5.41) is 0.753. The third kappa shape index (κ3) is 1.82. The van der Waals surface area contributed by atoms with Crippen LogP contribution < -0.4 is 5.73 Å². The number of rotatable bonds is 1. The van der Waals surface area contributed by atoms with E-state index >= 15 is 0 Å². The molecule has 0 aromatic heterocycles. The molecule has 0 aliphatic heterocycles. The highest BCUT2D eigenvalue weighted by Gasteiger charge is 2.34. The Bertz CT molecular complexity index is 386. The fraction of sp³-hybridized carbons (Fsp3) is 0.385. The van der Waals surface area contributed by atoms with Gasteiger partial charge in [-0.2, -0.15) is 0 Å². The lowest BCUT2D eigenvalue weighted by atomic mass is 9.74. The predicted molar refractivity (Wildman–Crippen MR) is 64.9 cm³/mol. The van der Waals surface area contributed by atoms with Gasteiger partial charge in [0.1, 0.15) is 0 Å². The molecular formula is C13H16ClN. The van der Waals surface area contributed by atoms with Crippen LogP contribution in [0, 0.1) is 0 Å². The highest BCUT2D eigenvalue weighted by molar-refractivity contribution is 6.31. The molecule has 0 radical (unpaired) electrons. The van der Waals surface area contributed by atoms with Gasteiger partial charge in [-0.05, 0) is 30.9 Å². The first kappa shape index (κ1) is 10.7. The minimum absolute atomic E-state index is 0.406. The van der Waals surface area contributed by atoms with Gasteiger partial charge in [-0.3, -0.25) is 0 Å².